The van der Waals surface area contributed by atoms with Crippen LogP contribution >= 0.6 is 0 Å². The molecule has 1 aliphatic rings. The highest BCUT2D eigenvalue weighted by atomic mass is 16.5. The van der Waals surface area contributed by atoms with Gasteiger partial charge in [0.2, 0.25) is 0 Å². The molecule has 1 N–H and O–H groups in total. The summed E-state index contributed by atoms with van der Waals surface area (Å²) in [6.45, 7) is 4.86. The summed E-state index contributed by atoms with van der Waals surface area (Å²) in [6.07, 6.45) is 1.73. The van der Waals surface area contributed by atoms with E-state index in [1.165, 1.54) is 0 Å². The number of aryl methyl sites for hydroxylation is 1. The van der Waals surface area contributed by atoms with Crippen molar-refractivity contribution in [3.63, 3.8) is 0 Å². The van der Waals surface area contributed by atoms with Gasteiger partial charge in [-0.25, -0.2) is 4.98 Å². The first kappa shape index (κ1) is 19.2. The number of hydrogen-bond acceptors (Lipinski definition) is 4. The molecule has 0 spiro atoms. The Morgan fingerprint density at radius 2 is 1.93 bits per heavy atom. The van der Waals surface area contributed by atoms with E-state index in [0.29, 0.717) is 16.5 Å². The lowest BCUT2D eigenvalue weighted by Gasteiger charge is -2.23. The molecule has 0 unspecified atom stereocenters. The molecule has 1 aliphatic heterocycles. The fourth-order valence-corrected chi connectivity index (χ4v) is 3.90. The summed E-state index contributed by atoms with van der Waals surface area (Å²) < 4.78 is 6.96. The second kappa shape index (κ2) is 7.70. The van der Waals surface area contributed by atoms with E-state index in [4.69, 9.17) is 4.74 Å². The molecule has 1 atom stereocenters. The van der Waals surface area contributed by atoms with Crippen LogP contribution in [-0.2, 0) is 13.0 Å². The van der Waals surface area contributed by atoms with Crippen molar-refractivity contribution in [3.05, 3.63) is 69.8 Å². The smallest absolute Gasteiger partial charge is 0.261 e. The van der Waals surface area contributed by atoms with Crippen LogP contribution in [0, 0.1) is 5.92 Å². The Balaban J connectivity index is 1.63. The van der Waals surface area contributed by atoms with Gasteiger partial charge in [0.1, 0.15) is 11.6 Å². The van der Waals surface area contributed by atoms with Gasteiger partial charge < -0.3 is 10.1 Å². The number of nitrogens with one attached hydrogen (secondary N) is 1. The van der Waals surface area contributed by atoms with E-state index in [1.54, 1.807) is 29.9 Å². The summed E-state index contributed by atoms with van der Waals surface area (Å²) >= 11 is 0. The zero-order valence-corrected chi connectivity index (χ0v) is 16.9. The Kier molecular flexibility index (Phi) is 5.09. The zero-order chi connectivity index (χ0) is 20.5. The van der Waals surface area contributed by atoms with Gasteiger partial charge in [-0.1, -0.05) is 26.0 Å². The van der Waals surface area contributed by atoms with E-state index in [0.717, 1.165) is 36.5 Å². The number of aromatic nitrogens is 2. The van der Waals surface area contributed by atoms with Gasteiger partial charge >= 0.3 is 0 Å². The van der Waals surface area contributed by atoms with E-state index >= 15 is 0 Å². The van der Waals surface area contributed by atoms with Crippen LogP contribution in [0.3, 0.4) is 0 Å². The van der Waals surface area contributed by atoms with Gasteiger partial charge in [0.05, 0.1) is 24.1 Å². The maximum Gasteiger partial charge on any atom is 0.261 e. The molecule has 2 heterocycles. The monoisotopic (exact) mass is 391 g/mol. The lowest BCUT2D eigenvalue weighted by molar-refractivity contribution is 0.0925. The number of carbonyl (C=O) groups is 1. The number of fused-ring (bicyclic) bond motifs is 2. The van der Waals surface area contributed by atoms with Gasteiger partial charge in [-0.3, -0.25) is 14.2 Å². The largest absolute Gasteiger partial charge is 0.497 e. The van der Waals surface area contributed by atoms with Crippen LogP contribution in [0.2, 0.25) is 0 Å². The average molecular weight is 391 g/mol. The van der Waals surface area contributed by atoms with Gasteiger partial charge in [-0.05, 0) is 48.2 Å². The molecule has 29 heavy (non-hydrogen) atoms. The minimum absolute atomic E-state index is 0.0206. The van der Waals surface area contributed by atoms with Gasteiger partial charge in [0.25, 0.3) is 11.5 Å². The number of ether oxygens (including phenoxy) is 1. The molecule has 150 valence electrons. The Bertz CT molecular complexity index is 1120. The van der Waals surface area contributed by atoms with Crippen LogP contribution in [-0.4, -0.2) is 22.6 Å². The van der Waals surface area contributed by atoms with Crippen LogP contribution in [0.5, 0.6) is 5.75 Å². The van der Waals surface area contributed by atoms with Crippen molar-refractivity contribution < 1.29 is 9.53 Å². The fourth-order valence-electron chi connectivity index (χ4n) is 3.90. The Hall–Kier alpha value is -3.15. The highest BCUT2D eigenvalue weighted by molar-refractivity contribution is 5.97. The summed E-state index contributed by atoms with van der Waals surface area (Å²) in [5.41, 5.74) is 2.09. The van der Waals surface area contributed by atoms with Crippen molar-refractivity contribution >= 4 is 16.8 Å². The summed E-state index contributed by atoms with van der Waals surface area (Å²) in [5.74, 6) is 1.61. The fraction of sp³-hybridized carbons (Fsp3) is 0.348. The van der Waals surface area contributed by atoms with Crippen LogP contribution in [0.1, 0.15) is 48.1 Å². The molecule has 0 radical (unpaired) electrons. The minimum Gasteiger partial charge on any atom is -0.497 e. The van der Waals surface area contributed by atoms with E-state index < -0.39 is 0 Å². The third-order valence-corrected chi connectivity index (χ3v) is 5.51. The zero-order valence-electron chi connectivity index (χ0n) is 16.9. The van der Waals surface area contributed by atoms with Crippen LogP contribution < -0.4 is 15.6 Å². The first-order chi connectivity index (χ1) is 14.0. The maximum absolute atomic E-state index is 13.0. The molecule has 6 heteroatoms. The van der Waals surface area contributed by atoms with E-state index in [2.05, 4.69) is 24.1 Å². The summed E-state index contributed by atoms with van der Waals surface area (Å²) in [6, 6.07) is 12.7. The van der Waals surface area contributed by atoms with Crippen molar-refractivity contribution in [2.45, 2.75) is 39.3 Å². The number of carbonyl (C=O) groups excluding carboxylic acids is 1. The SMILES string of the molecule is COc1ccc([C@@H](NC(=O)c2ccc3c(=O)n4c(nc3c2)CCC4)C(C)C)cc1. The molecule has 3 aromatic rings. The Labute approximate surface area is 169 Å². The van der Waals surface area contributed by atoms with Crippen LogP contribution in [0.4, 0.5) is 0 Å². The topological polar surface area (TPSA) is 73.2 Å². The standard InChI is InChI=1S/C23H25N3O3/c1-14(2)21(15-6-9-17(29-3)10-7-15)25-22(27)16-8-11-18-19(13-16)24-20-5-4-12-26(20)23(18)28/h6-11,13-14,21H,4-5,12H2,1-3H3,(H,25,27)/t21-/m0/s1. The minimum atomic E-state index is -0.177. The lowest BCUT2D eigenvalue weighted by Crippen LogP contribution is -2.31. The van der Waals surface area contributed by atoms with Crippen LogP contribution in [0.15, 0.2) is 47.3 Å². The quantitative estimate of drug-likeness (QED) is 0.723. The number of nitrogens with zero attached hydrogens (tertiary/aromatic N) is 2. The molecule has 4 rings (SSSR count). The number of methoxy groups -OCH3 is 1. The van der Waals surface area contributed by atoms with Gasteiger partial charge in [-0.15, -0.1) is 0 Å². The summed E-state index contributed by atoms with van der Waals surface area (Å²) in [5, 5.41) is 3.69. The predicted molar refractivity (Wildman–Crippen MR) is 112 cm³/mol. The van der Waals surface area contributed by atoms with Gasteiger partial charge in [-0.2, -0.15) is 0 Å². The molecule has 0 saturated carbocycles. The van der Waals surface area contributed by atoms with Gasteiger partial charge in [0.15, 0.2) is 0 Å². The maximum atomic E-state index is 13.0. The lowest BCUT2D eigenvalue weighted by atomic mass is 9.95. The van der Waals surface area contributed by atoms with Crippen molar-refractivity contribution in [2.75, 3.05) is 7.11 Å². The molecule has 0 fully saturated rings. The first-order valence-electron chi connectivity index (χ1n) is 9.96. The number of rotatable bonds is 5. The number of benzene rings is 2. The third-order valence-electron chi connectivity index (χ3n) is 5.51. The Morgan fingerprint density at radius 1 is 1.17 bits per heavy atom. The number of hydrogen-bond donors (Lipinski definition) is 1. The Morgan fingerprint density at radius 3 is 2.62 bits per heavy atom. The predicted octanol–water partition coefficient (Wildman–Crippen LogP) is 3.48. The van der Waals surface area contributed by atoms with E-state index in [9.17, 15) is 9.59 Å². The van der Waals surface area contributed by atoms with Crippen molar-refractivity contribution in [2.24, 2.45) is 5.92 Å². The van der Waals surface area contributed by atoms with Crippen molar-refractivity contribution in [1.29, 1.82) is 0 Å². The molecule has 2 aromatic carbocycles. The second-order valence-electron chi connectivity index (χ2n) is 7.79. The normalized spacial score (nSPS) is 14.1. The van der Waals surface area contributed by atoms with E-state index in [-0.39, 0.29) is 23.4 Å². The molecule has 6 nitrogen and oxygen atoms in total. The van der Waals surface area contributed by atoms with E-state index in [1.807, 2.05) is 24.3 Å². The molecule has 0 aliphatic carbocycles. The summed E-state index contributed by atoms with van der Waals surface area (Å²) in [7, 11) is 1.63. The molecule has 1 amide bonds. The van der Waals surface area contributed by atoms with Crippen LogP contribution in [0.25, 0.3) is 10.9 Å². The van der Waals surface area contributed by atoms with Crippen molar-refractivity contribution in [3.8, 4) is 5.75 Å². The van der Waals surface area contributed by atoms with Gasteiger partial charge in [0, 0.05) is 18.5 Å². The average Bonchev–Trinajstić information content (AvgIpc) is 3.20. The first-order valence-corrected chi connectivity index (χ1v) is 9.96. The highest BCUT2D eigenvalue weighted by Crippen LogP contribution is 2.25. The van der Waals surface area contributed by atoms with Crippen molar-refractivity contribution in [1.82, 2.24) is 14.9 Å². The molecule has 0 saturated heterocycles. The third kappa shape index (κ3) is 3.62. The second-order valence-corrected chi connectivity index (χ2v) is 7.79. The molecular formula is C23H25N3O3. The molecular weight excluding hydrogens is 366 g/mol. The highest BCUT2D eigenvalue weighted by Gasteiger charge is 2.21. The molecule has 0 bridgehead atoms. The molecule has 1 aromatic heterocycles. The number of amides is 1. The summed E-state index contributed by atoms with van der Waals surface area (Å²) in [4.78, 5) is 30.2.